The van der Waals surface area contributed by atoms with Crippen LogP contribution in [0.25, 0.3) is 0 Å². The van der Waals surface area contributed by atoms with Gasteiger partial charge in [0.25, 0.3) is 0 Å². The van der Waals surface area contributed by atoms with Gasteiger partial charge in [0.1, 0.15) is 5.82 Å². The van der Waals surface area contributed by atoms with Gasteiger partial charge in [0.2, 0.25) is 5.95 Å². The summed E-state index contributed by atoms with van der Waals surface area (Å²) in [7, 11) is 1.79. The average molecular weight is 238 g/mol. The lowest BCUT2D eigenvalue weighted by molar-refractivity contribution is 0.0723. The van der Waals surface area contributed by atoms with Gasteiger partial charge in [-0.05, 0) is 6.92 Å². The molecule has 6 nitrogen and oxygen atoms in total. The van der Waals surface area contributed by atoms with Gasteiger partial charge in [0.05, 0.1) is 25.9 Å². The zero-order chi connectivity index (χ0) is 12.3. The molecule has 0 saturated carbocycles. The molecule has 1 saturated heterocycles. The van der Waals surface area contributed by atoms with Crippen molar-refractivity contribution in [1.29, 1.82) is 0 Å². The Hall–Kier alpha value is -1.40. The molecule has 1 atom stereocenters. The molecule has 94 valence electrons. The molecule has 0 amide bonds. The predicted molar refractivity (Wildman–Crippen MR) is 65.4 cm³/mol. The molecule has 0 spiro atoms. The van der Waals surface area contributed by atoms with Gasteiger partial charge in [-0.1, -0.05) is 0 Å². The van der Waals surface area contributed by atoms with Gasteiger partial charge in [0.15, 0.2) is 0 Å². The van der Waals surface area contributed by atoms with Crippen molar-refractivity contribution in [1.82, 2.24) is 9.97 Å². The number of rotatable bonds is 3. The molecular weight excluding hydrogens is 220 g/mol. The van der Waals surface area contributed by atoms with Crippen LogP contribution in [-0.4, -0.2) is 54.5 Å². The van der Waals surface area contributed by atoms with E-state index in [0.717, 1.165) is 18.1 Å². The van der Waals surface area contributed by atoms with E-state index >= 15 is 0 Å². The van der Waals surface area contributed by atoms with E-state index in [1.54, 1.807) is 7.05 Å². The third-order valence-electron chi connectivity index (χ3n) is 2.80. The van der Waals surface area contributed by atoms with Crippen LogP contribution in [0.15, 0.2) is 6.07 Å². The highest BCUT2D eigenvalue weighted by Gasteiger charge is 2.24. The monoisotopic (exact) mass is 238 g/mol. The number of aliphatic hydroxyl groups excluding tert-OH is 1. The average Bonchev–Trinajstić information content (AvgIpc) is 2.37. The number of hydrogen-bond donors (Lipinski definition) is 2. The number of hydrogen-bond acceptors (Lipinski definition) is 6. The minimum absolute atomic E-state index is 0.0252. The summed E-state index contributed by atoms with van der Waals surface area (Å²) in [6.45, 7) is 3.94. The Labute approximate surface area is 101 Å². The Morgan fingerprint density at radius 3 is 3.12 bits per heavy atom. The number of aromatic nitrogens is 2. The number of morpholine rings is 1. The first-order valence-electron chi connectivity index (χ1n) is 5.73. The van der Waals surface area contributed by atoms with E-state index in [2.05, 4.69) is 20.2 Å². The number of aryl methyl sites for hydroxylation is 1. The van der Waals surface area contributed by atoms with Crippen LogP contribution in [0.2, 0.25) is 0 Å². The normalized spacial score (nSPS) is 20.4. The number of anilines is 2. The quantitative estimate of drug-likeness (QED) is 0.774. The van der Waals surface area contributed by atoms with Crippen molar-refractivity contribution >= 4 is 11.8 Å². The van der Waals surface area contributed by atoms with Gasteiger partial charge >= 0.3 is 0 Å². The van der Waals surface area contributed by atoms with Crippen LogP contribution in [0.5, 0.6) is 0 Å². The van der Waals surface area contributed by atoms with Gasteiger partial charge < -0.3 is 20.1 Å². The fourth-order valence-corrected chi connectivity index (χ4v) is 1.92. The molecule has 0 bridgehead atoms. The van der Waals surface area contributed by atoms with Crippen molar-refractivity contribution in [2.24, 2.45) is 0 Å². The van der Waals surface area contributed by atoms with Crippen molar-refractivity contribution in [2.45, 2.75) is 13.0 Å². The summed E-state index contributed by atoms with van der Waals surface area (Å²) in [6, 6.07) is 1.90. The molecule has 0 aliphatic carbocycles. The third-order valence-corrected chi connectivity index (χ3v) is 2.80. The Kier molecular flexibility index (Phi) is 3.75. The second-order valence-corrected chi connectivity index (χ2v) is 4.05. The summed E-state index contributed by atoms with van der Waals surface area (Å²) >= 11 is 0. The Bertz CT molecular complexity index is 386. The first-order chi connectivity index (χ1) is 8.24. The SMILES string of the molecule is CNc1nc(C)cc(N2CCOCC2CO)n1. The zero-order valence-corrected chi connectivity index (χ0v) is 10.2. The lowest BCUT2D eigenvalue weighted by atomic mass is 10.2. The van der Waals surface area contributed by atoms with Gasteiger partial charge in [-0.3, -0.25) is 0 Å². The highest BCUT2D eigenvalue weighted by molar-refractivity contribution is 5.46. The Morgan fingerprint density at radius 1 is 1.59 bits per heavy atom. The molecule has 1 aliphatic heterocycles. The molecule has 1 unspecified atom stereocenters. The van der Waals surface area contributed by atoms with E-state index in [0.29, 0.717) is 19.2 Å². The minimum Gasteiger partial charge on any atom is -0.394 e. The topological polar surface area (TPSA) is 70.5 Å². The number of aliphatic hydroxyl groups is 1. The Morgan fingerprint density at radius 2 is 2.41 bits per heavy atom. The fourth-order valence-electron chi connectivity index (χ4n) is 1.92. The summed E-state index contributed by atoms with van der Waals surface area (Å²) < 4.78 is 5.35. The maximum atomic E-state index is 9.34. The van der Waals surface area contributed by atoms with Crippen molar-refractivity contribution in [2.75, 3.05) is 43.6 Å². The van der Waals surface area contributed by atoms with Crippen LogP contribution in [0, 0.1) is 6.92 Å². The minimum atomic E-state index is -0.0252. The molecule has 1 aliphatic rings. The lowest BCUT2D eigenvalue weighted by Gasteiger charge is -2.35. The summed E-state index contributed by atoms with van der Waals surface area (Å²) in [5.74, 6) is 1.44. The molecule has 1 aromatic heterocycles. The van der Waals surface area contributed by atoms with Crippen LogP contribution in [0.4, 0.5) is 11.8 Å². The van der Waals surface area contributed by atoms with E-state index in [1.807, 2.05) is 13.0 Å². The molecule has 6 heteroatoms. The van der Waals surface area contributed by atoms with Crippen LogP contribution in [0.3, 0.4) is 0 Å². The summed E-state index contributed by atoms with van der Waals surface area (Å²) in [6.07, 6.45) is 0. The predicted octanol–water partition coefficient (Wildman–Crippen LogP) is 0.0242. The first-order valence-corrected chi connectivity index (χ1v) is 5.73. The zero-order valence-electron chi connectivity index (χ0n) is 10.2. The maximum Gasteiger partial charge on any atom is 0.224 e. The van der Waals surface area contributed by atoms with Gasteiger partial charge in [-0.15, -0.1) is 0 Å². The molecule has 2 N–H and O–H groups in total. The molecule has 0 aromatic carbocycles. The molecular formula is C11H18N4O2. The van der Waals surface area contributed by atoms with Gasteiger partial charge in [-0.25, -0.2) is 4.98 Å². The fraction of sp³-hybridized carbons (Fsp3) is 0.636. The molecule has 1 fully saturated rings. The number of nitrogens with one attached hydrogen (secondary N) is 1. The summed E-state index contributed by atoms with van der Waals surface area (Å²) in [5.41, 5.74) is 0.905. The lowest BCUT2D eigenvalue weighted by Crippen LogP contribution is -2.48. The third kappa shape index (κ3) is 2.65. The van der Waals surface area contributed by atoms with Crippen LogP contribution in [0.1, 0.15) is 5.69 Å². The van der Waals surface area contributed by atoms with E-state index < -0.39 is 0 Å². The van der Waals surface area contributed by atoms with Crippen molar-refractivity contribution in [3.63, 3.8) is 0 Å². The van der Waals surface area contributed by atoms with Gasteiger partial charge in [-0.2, -0.15) is 4.98 Å². The van der Waals surface area contributed by atoms with E-state index in [4.69, 9.17) is 4.74 Å². The first kappa shape index (κ1) is 12.1. The Balaban J connectivity index is 2.27. The molecule has 1 aromatic rings. The highest BCUT2D eigenvalue weighted by atomic mass is 16.5. The number of nitrogens with zero attached hydrogens (tertiary/aromatic N) is 3. The van der Waals surface area contributed by atoms with Gasteiger partial charge in [0, 0.05) is 25.4 Å². The highest BCUT2D eigenvalue weighted by Crippen LogP contribution is 2.19. The largest absolute Gasteiger partial charge is 0.394 e. The summed E-state index contributed by atoms with van der Waals surface area (Å²) in [5, 5.41) is 12.3. The second kappa shape index (κ2) is 5.29. The second-order valence-electron chi connectivity index (χ2n) is 4.05. The standard InChI is InChI=1S/C11H18N4O2/c1-8-5-10(14-11(12-2)13-8)15-3-4-17-7-9(15)6-16/h5,9,16H,3-4,6-7H2,1-2H3,(H,12,13,14). The van der Waals surface area contributed by atoms with E-state index in [1.165, 1.54) is 0 Å². The van der Waals surface area contributed by atoms with E-state index in [-0.39, 0.29) is 12.6 Å². The molecule has 2 rings (SSSR count). The molecule has 2 heterocycles. The smallest absolute Gasteiger partial charge is 0.224 e. The maximum absolute atomic E-state index is 9.34. The van der Waals surface area contributed by atoms with Crippen molar-refractivity contribution < 1.29 is 9.84 Å². The van der Waals surface area contributed by atoms with Crippen molar-refractivity contribution in [3.05, 3.63) is 11.8 Å². The van der Waals surface area contributed by atoms with Crippen LogP contribution in [-0.2, 0) is 4.74 Å². The molecule has 0 radical (unpaired) electrons. The van der Waals surface area contributed by atoms with Crippen molar-refractivity contribution in [3.8, 4) is 0 Å². The molecule has 17 heavy (non-hydrogen) atoms. The summed E-state index contributed by atoms with van der Waals surface area (Å²) in [4.78, 5) is 10.7. The van der Waals surface area contributed by atoms with Crippen LogP contribution >= 0.6 is 0 Å². The van der Waals surface area contributed by atoms with Crippen LogP contribution < -0.4 is 10.2 Å². The van der Waals surface area contributed by atoms with E-state index in [9.17, 15) is 5.11 Å². The number of ether oxygens (including phenoxy) is 1.